The first kappa shape index (κ1) is 16.1. The molecule has 1 heterocycles. The van der Waals surface area contributed by atoms with Crippen LogP contribution in [0.1, 0.15) is 23.3 Å². The van der Waals surface area contributed by atoms with Crippen LogP contribution < -0.4 is 0 Å². The summed E-state index contributed by atoms with van der Waals surface area (Å²) in [4.78, 5) is 0. The molecule has 6 heteroatoms. The van der Waals surface area contributed by atoms with Crippen LogP contribution in [0.15, 0.2) is 54.6 Å². The lowest BCUT2D eigenvalue weighted by atomic mass is 10.0. The third-order valence-electron chi connectivity index (χ3n) is 3.95. The quantitative estimate of drug-likeness (QED) is 0.866. The summed E-state index contributed by atoms with van der Waals surface area (Å²) in [6.45, 7) is 0.508. The highest BCUT2D eigenvalue weighted by Gasteiger charge is 2.34. The van der Waals surface area contributed by atoms with Crippen molar-refractivity contribution in [2.45, 2.75) is 12.2 Å². The lowest BCUT2D eigenvalue weighted by Crippen LogP contribution is -2.43. The SMILES string of the molecule is CS(=O)(=O)N1CC(c2ccccc2)OC(c2ccc(F)cc2)C1. The number of ether oxygens (including phenoxy) is 1. The minimum absolute atomic E-state index is 0.230. The molecule has 0 radical (unpaired) electrons. The summed E-state index contributed by atoms with van der Waals surface area (Å²) in [5.41, 5.74) is 1.69. The van der Waals surface area contributed by atoms with Gasteiger partial charge in [-0.15, -0.1) is 0 Å². The second-order valence-electron chi connectivity index (χ2n) is 5.66. The number of nitrogens with zero attached hydrogens (tertiary/aromatic N) is 1. The van der Waals surface area contributed by atoms with Gasteiger partial charge in [0.1, 0.15) is 5.82 Å². The molecule has 2 aromatic rings. The van der Waals surface area contributed by atoms with Gasteiger partial charge in [0.15, 0.2) is 0 Å². The molecule has 0 saturated carbocycles. The van der Waals surface area contributed by atoms with Crippen LogP contribution in [0.3, 0.4) is 0 Å². The Morgan fingerprint density at radius 3 is 2.00 bits per heavy atom. The highest BCUT2D eigenvalue weighted by Crippen LogP contribution is 2.33. The third-order valence-corrected chi connectivity index (χ3v) is 5.19. The minimum Gasteiger partial charge on any atom is -0.363 e. The Balaban J connectivity index is 1.92. The number of sulfonamides is 1. The molecule has 23 heavy (non-hydrogen) atoms. The second-order valence-corrected chi connectivity index (χ2v) is 7.64. The maximum Gasteiger partial charge on any atom is 0.211 e. The van der Waals surface area contributed by atoms with Crippen molar-refractivity contribution in [3.05, 3.63) is 71.5 Å². The number of rotatable bonds is 3. The molecule has 122 valence electrons. The molecule has 1 fully saturated rings. The van der Waals surface area contributed by atoms with E-state index < -0.39 is 16.1 Å². The molecule has 0 aliphatic carbocycles. The van der Waals surface area contributed by atoms with Crippen LogP contribution in [0, 0.1) is 5.82 Å². The van der Waals surface area contributed by atoms with Gasteiger partial charge in [-0.05, 0) is 23.3 Å². The van der Waals surface area contributed by atoms with Crippen LogP contribution in [0.4, 0.5) is 4.39 Å². The Hall–Kier alpha value is -1.76. The van der Waals surface area contributed by atoms with E-state index in [-0.39, 0.29) is 25.0 Å². The number of hydrogen-bond acceptors (Lipinski definition) is 3. The van der Waals surface area contributed by atoms with Crippen molar-refractivity contribution in [2.24, 2.45) is 0 Å². The lowest BCUT2D eigenvalue weighted by Gasteiger charge is -2.37. The average Bonchev–Trinajstić information content (AvgIpc) is 2.55. The molecular formula is C17H18FNO3S. The van der Waals surface area contributed by atoms with Crippen LogP contribution >= 0.6 is 0 Å². The zero-order chi connectivity index (χ0) is 16.4. The van der Waals surface area contributed by atoms with E-state index in [9.17, 15) is 12.8 Å². The van der Waals surface area contributed by atoms with E-state index in [1.807, 2.05) is 30.3 Å². The zero-order valence-electron chi connectivity index (χ0n) is 12.7. The summed E-state index contributed by atoms with van der Waals surface area (Å²) in [6, 6.07) is 15.5. The number of benzene rings is 2. The Bertz CT molecular complexity index is 762. The molecule has 2 unspecified atom stereocenters. The van der Waals surface area contributed by atoms with Gasteiger partial charge in [0.2, 0.25) is 10.0 Å². The molecule has 1 aliphatic heterocycles. The Kier molecular flexibility index (Phi) is 4.48. The van der Waals surface area contributed by atoms with E-state index in [0.717, 1.165) is 11.1 Å². The Morgan fingerprint density at radius 2 is 1.48 bits per heavy atom. The monoisotopic (exact) mass is 335 g/mol. The predicted molar refractivity (Wildman–Crippen MR) is 85.8 cm³/mol. The third kappa shape index (κ3) is 3.77. The van der Waals surface area contributed by atoms with Crippen molar-refractivity contribution < 1.29 is 17.5 Å². The lowest BCUT2D eigenvalue weighted by molar-refractivity contribution is -0.0670. The van der Waals surface area contributed by atoms with Crippen LogP contribution in [0.5, 0.6) is 0 Å². The van der Waals surface area contributed by atoms with E-state index in [2.05, 4.69) is 0 Å². The average molecular weight is 335 g/mol. The minimum atomic E-state index is -3.34. The molecule has 4 nitrogen and oxygen atoms in total. The first-order valence-corrected chi connectivity index (χ1v) is 9.19. The van der Waals surface area contributed by atoms with Crippen LogP contribution in [0.25, 0.3) is 0 Å². The first-order valence-electron chi connectivity index (χ1n) is 7.34. The molecule has 0 bridgehead atoms. The molecule has 1 aliphatic rings. The zero-order valence-corrected chi connectivity index (χ0v) is 13.5. The van der Waals surface area contributed by atoms with Gasteiger partial charge >= 0.3 is 0 Å². The van der Waals surface area contributed by atoms with Gasteiger partial charge in [-0.3, -0.25) is 0 Å². The molecule has 3 rings (SSSR count). The summed E-state index contributed by atoms with van der Waals surface area (Å²) in [7, 11) is -3.34. The largest absolute Gasteiger partial charge is 0.363 e. The molecule has 2 atom stereocenters. The predicted octanol–water partition coefficient (Wildman–Crippen LogP) is 2.90. The first-order chi connectivity index (χ1) is 10.9. The smallest absolute Gasteiger partial charge is 0.211 e. The van der Waals surface area contributed by atoms with Gasteiger partial charge in [-0.1, -0.05) is 42.5 Å². The fourth-order valence-corrected chi connectivity index (χ4v) is 3.53. The summed E-state index contributed by atoms with van der Waals surface area (Å²) < 4.78 is 44.6. The van der Waals surface area contributed by atoms with Gasteiger partial charge < -0.3 is 4.74 Å². The van der Waals surface area contributed by atoms with Crippen molar-refractivity contribution in [3.63, 3.8) is 0 Å². The summed E-state index contributed by atoms with van der Waals surface area (Å²) in [5, 5.41) is 0. The van der Waals surface area contributed by atoms with Gasteiger partial charge in [0.25, 0.3) is 0 Å². The molecule has 1 saturated heterocycles. The second kappa shape index (κ2) is 6.39. The van der Waals surface area contributed by atoms with E-state index in [0.29, 0.717) is 0 Å². The molecule has 0 N–H and O–H groups in total. The molecule has 0 spiro atoms. The number of halogens is 1. The Morgan fingerprint density at radius 1 is 0.957 bits per heavy atom. The maximum atomic E-state index is 13.1. The van der Waals surface area contributed by atoms with Gasteiger partial charge in [0, 0.05) is 13.1 Å². The summed E-state index contributed by atoms with van der Waals surface area (Å²) >= 11 is 0. The normalized spacial score (nSPS) is 22.9. The fraction of sp³-hybridized carbons (Fsp3) is 0.294. The highest BCUT2D eigenvalue weighted by atomic mass is 32.2. The molecule has 2 aromatic carbocycles. The topological polar surface area (TPSA) is 46.6 Å². The molecule has 0 aromatic heterocycles. The van der Waals surface area contributed by atoms with E-state index in [1.165, 1.54) is 22.7 Å². The van der Waals surface area contributed by atoms with Crippen molar-refractivity contribution in [3.8, 4) is 0 Å². The summed E-state index contributed by atoms with van der Waals surface area (Å²) in [6.07, 6.45) is 0.418. The Labute approximate surface area is 135 Å². The number of hydrogen-bond donors (Lipinski definition) is 0. The standard InChI is InChI=1S/C17H18FNO3S/c1-23(20,21)19-11-16(13-5-3-2-4-6-13)22-17(12-19)14-7-9-15(18)10-8-14/h2-10,16-17H,11-12H2,1H3. The summed E-state index contributed by atoms with van der Waals surface area (Å²) in [5.74, 6) is -0.330. The van der Waals surface area contributed by atoms with Gasteiger partial charge in [0.05, 0.1) is 18.5 Å². The van der Waals surface area contributed by atoms with Gasteiger partial charge in [-0.2, -0.15) is 4.31 Å². The van der Waals surface area contributed by atoms with Crippen LogP contribution in [-0.2, 0) is 14.8 Å². The van der Waals surface area contributed by atoms with Crippen molar-refractivity contribution in [2.75, 3.05) is 19.3 Å². The van der Waals surface area contributed by atoms with Crippen molar-refractivity contribution in [1.82, 2.24) is 4.31 Å². The number of morpholine rings is 1. The molecule has 0 amide bonds. The highest BCUT2D eigenvalue weighted by molar-refractivity contribution is 7.88. The van der Waals surface area contributed by atoms with Crippen LogP contribution in [0.2, 0.25) is 0 Å². The van der Waals surface area contributed by atoms with Crippen molar-refractivity contribution >= 4 is 10.0 Å². The fourth-order valence-electron chi connectivity index (χ4n) is 2.71. The van der Waals surface area contributed by atoms with E-state index in [1.54, 1.807) is 12.1 Å². The molecular weight excluding hydrogens is 317 g/mol. The maximum absolute atomic E-state index is 13.1. The van der Waals surface area contributed by atoms with Crippen LogP contribution in [-0.4, -0.2) is 32.1 Å². The van der Waals surface area contributed by atoms with E-state index >= 15 is 0 Å². The van der Waals surface area contributed by atoms with Crippen molar-refractivity contribution in [1.29, 1.82) is 0 Å². The van der Waals surface area contributed by atoms with Gasteiger partial charge in [-0.25, -0.2) is 12.8 Å². The van der Waals surface area contributed by atoms with E-state index in [4.69, 9.17) is 4.74 Å².